The van der Waals surface area contributed by atoms with Gasteiger partial charge >= 0.3 is 0 Å². The van der Waals surface area contributed by atoms with Crippen LogP contribution >= 0.6 is 0 Å². The van der Waals surface area contributed by atoms with E-state index in [-0.39, 0.29) is 0 Å². The summed E-state index contributed by atoms with van der Waals surface area (Å²) in [5.41, 5.74) is 18.2. The predicted molar refractivity (Wildman–Crippen MR) is 263 cm³/mol. The van der Waals surface area contributed by atoms with Crippen LogP contribution in [0.1, 0.15) is 0 Å². The van der Waals surface area contributed by atoms with Crippen molar-refractivity contribution in [3.8, 4) is 55.6 Å². The van der Waals surface area contributed by atoms with Crippen molar-refractivity contribution in [2.75, 3.05) is 4.90 Å². The summed E-state index contributed by atoms with van der Waals surface area (Å²) < 4.78 is 12.9. The van der Waals surface area contributed by atoms with Crippen LogP contribution in [0.2, 0.25) is 0 Å². The monoisotopic (exact) mass is 805 g/mol. The van der Waals surface area contributed by atoms with Crippen molar-refractivity contribution in [1.82, 2.24) is 0 Å². The highest BCUT2D eigenvalue weighted by atomic mass is 16.3. The lowest BCUT2D eigenvalue weighted by molar-refractivity contribution is 0.669. The van der Waals surface area contributed by atoms with Gasteiger partial charge in [0.1, 0.15) is 22.3 Å². The zero-order valence-electron chi connectivity index (χ0n) is 34.3. The number of fused-ring (bicyclic) bond motifs is 6. The van der Waals surface area contributed by atoms with Gasteiger partial charge in [-0.05, 0) is 99.1 Å². The quantitative estimate of drug-likeness (QED) is 0.153. The first kappa shape index (κ1) is 36.5. The van der Waals surface area contributed by atoms with Crippen LogP contribution in [0, 0.1) is 0 Å². The molecule has 0 radical (unpaired) electrons. The maximum Gasteiger partial charge on any atom is 0.143 e. The summed E-state index contributed by atoms with van der Waals surface area (Å²) >= 11 is 0. The van der Waals surface area contributed by atoms with Crippen molar-refractivity contribution in [1.29, 1.82) is 0 Å². The number of furan rings is 2. The van der Waals surface area contributed by atoms with E-state index < -0.39 is 0 Å². The van der Waals surface area contributed by atoms with Gasteiger partial charge < -0.3 is 13.7 Å². The number of anilines is 3. The highest BCUT2D eigenvalue weighted by Gasteiger charge is 2.18. The van der Waals surface area contributed by atoms with Crippen molar-refractivity contribution in [3.05, 3.63) is 237 Å². The first-order valence-electron chi connectivity index (χ1n) is 21.4. The van der Waals surface area contributed by atoms with Crippen molar-refractivity contribution < 1.29 is 8.83 Å². The zero-order chi connectivity index (χ0) is 41.7. The molecule has 0 fully saturated rings. The topological polar surface area (TPSA) is 29.5 Å². The molecule has 63 heavy (non-hydrogen) atoms. The molecule has 0 spiro atoms. The molecule has 10 aromatic carbocycles. The van der Waals surface area contributed by atoms with Gasteiger partial charge in [-0.2, -0.15) is 0 Å². The summed E-state index contributed by atoms with van der Waals surface area (Å²) in [5.74, 6) is 0. The van der Waals surface area contributed by atoms with Crippen LogP contribution < -0.4 is 4.90 Å². The van der Waals surface area contributed by atoms with E-state index in [1.54, 1.807) is 0 Å². The van der Waals surface area contributed by atoms with E-state index in [0.717, 1.165) is 88.8 Å². The van der Waals surface area contributed by atoms with Crippen molar-refractivity contribution in [2.45, 2.75) is 0 Å². The second kappa shape index (κ2) is 15.3. The molecule has 0 aliphatic carbocycles. The molecule has 3 heteroatoms. The summed E-state index contributed by atoms with van der Waals surface area (Å²) in [5, 5.41) is 4.50. The normalized spacial score (nSPS) is 11.5. The van der Waals surface area contributed by atoms with Gasteiger partial charge in [-0.1, -0.05) is 182 Å². The number of benzene rings is 10. The molecular formula is C60H39NO2. The summed E-state index contributed by atoms with van der Waals surface area (Å²) in [6, 6.07) is 84.0. The van der Waals surface area contributed by atoms with E-state index in [2.05, 4.69) is 217 Å². The van der Waals surface area contributed by atoms with E-state index in [9.17, 15) is 0 Å². The Morgan fingerprint density at radius 3 is 1.11 bits per heavy atom. The van der Waals surface area contributed by atoms with E-state index >= 15 is 0 Å². The number of para-hydroxylation sites is 4. The SMILES string of the molecule is c1ccc(-c2ccc(-c3ccc(N(c4ccc(-c5cccc6c5oc5ccccc56)cc4)c4ccc(-c5cccc6c5oc5ccccc56)cc4)cc3)cc2-c2ccccc2)cc1. The van der Waals surface area contributed by atoms with E-state index in [0.29, 0.717) is 0 Å². The molecule has 0 aliphatic heterocycles. The molecule has 0 unspecified atom stereocenters. The largest absolute Gasteiger partial charge is 0.455 e. The minimum Gasteiger partial charge on any atom is -0.455 e. The fourth-order valence-corrected chi connectivity index (χ4v) is 9.23. The molecule has 3 nitrogen and oxygen atoms in total. The molecule has 0 amide bonds. The molecular weight excluding hydrogens is 767 g/mol. The molecule has 2 aromatic heterocycles. The Labute approximate surface area is 365 Å². The molecule has 0 bridgehead atoms. The van der Waals surface area contributed by atoms with Gasteiger partial charge in [-0.15, -0.1) is 0 Å². The van der Waals surface area contributed by atoms with Crippen molar-refractivity contribution >= 4 is 60.9 Å². The summed E-state index contributed by atoms with van der Waals surface area (Å²) in [7, 11) is 0. The maximum atomic E-state index is 6.44. The lowest BCUT2D eigenvalue weighted by Crippen LogP contribution is -2.09. The number of nitrogens with zero attached hydrogens (tertiary/aromatic N) is 1. The molecule has 0 atom stereocenters. The van der Waals surface area contributed by atoms with Gasteiger partial charge in [-0.3, -0.25) is 0 Å². The van der Waals surface area contributed by atoms with Gasteiger partial charge in [0.25, 0.3) is 0 Å². The van der Waals surface area contributed by atoms with Crippen LogP contribution in [-0.4, -0.2) is 0 Å². The standard InChI is InChI=1S/C60H39NO2/c1-3-13-41(14-4-1)49-38-31-45(39-56(49)42-15-5-2-6-16-42)40-25-32-46(33-26-40)61(47-34-27-43(28-35-47)50-19-11-21-54-52-17-7-9-23-57(52)62-59(50)54)48-36-29-44(30-37-48)51-20-12-22-55-53-18-8-10-24-58(53)63-60(51)55/h1-39H. The van der Waals surface area contributed by atoms with E-state index in [4.69, 9.17) is 8.83 Å². The van der Waals surface area contributed by atoms with E-state index in [1.807, 2.05) is 24.3 Å². The Balaban J connectivity index is 0.941. The average molecular weight is 806 g/mol. The summed E-state index contributed by atoms with van der Waals surface area (Å²) in [4.78, 5) is 2.33. The molecule has 0 aliphatic rings. The van der Waals surface area contributed by atoms with Crippen LogP contribution in [0.5, 0.6) is 0 Å². The predicted octanol–water partition coefficient (Wildman–Crippen LogP) is 17.3. The van der Waals surface area contributed by atoms with Gasteiger partial charge in [0.15, 0.2) is 0 Å². The Hall–Kier alpha value is -8.40. The molecule has 12 rings (SSSR count). The second-order valence-electron chi connectivity index (χ2n) is 16.0. The van der Waals surface area contributed by atoms with Gasteiger partial charge in [0.05, 0.1) is 0 Å². The summed E-state index contributed by atoms with van der Waals surface area (Å²) in [6.45, 7) is 0. The van der Waals surface area contributed by atoms with Crippen LogP contribution in [0.3, 0.4) is 0 Å². The second-order valence-corrected chi connectivity index (χ2v) is 16.0. The Kier molecular flexibility index (Phi) is 8.83. The third-order valence-electron chi connectivity index (χ3n) is 12.3. The van der Waals surface area contributed by atoms with Gasteiger partial charge in [0, 0.05) is 49.7 Å². The lowest BCUT2D eigenvalue weighted by atomic mass is 9.91. The third-order valence-corrected chi connectivity index (χ3v) is 12.3. The summed E-state index contributed by atoms with van der Waals surface area (Å²) in [6.07, 6.45) is 0. The maximum absolute atomic E-state index is 6.44. The number of hydrogen-bond donors (Lipinski definition) is 0. The van der Waals surface area contributed by atoms with Gasteiger partial charge in [0.2, 0.25) is 0 Å². The first-order chi connectivity index (χ1) is 31.2. The number of hydrogen-bond acceptors (Lipinski definition) is 3. The highest BCUT2D eigenvalue weighted by Crippen LogP contribution is 2.42. The van der Waals surface area contributed by atoms with Crippen LogP contribution in [0.4, 0.5) is 17.1 Å². The van der Waals surface area contributed by atoms with Crippen molar-refractivity contribution in [3.63, 3.8) is 0 Å². The highest BCUT2D eigenvalue weighted by molar-refractivity contribution is 6.10. The molecule has 0 saturated carbocycles. The number of rotatable bonds is 8. The molecule has 12 aromatic rings. The molecule has 0 saturated heterocycles. The van der Waals surface area contributed by atoms with Crippen molar-refractivity contribution in [2.24, 2.45) is 0 Å². The Morgan fingerprint density at radius 2 is 0.619 bits per heavy atom. The molecule has 0 N–H and O–H groups in total. The minimum absolute atomic E-state index is 0.898. The Morgan fingerprint density at radius 1 is 0.238 bits per heavy atom. The smallest absolute Gasteiger partial charge is 0.143 e. The average Bonchev–Trinajstić information content (AvgIpc) is 3.94. The Bertz CT molecular complexity index is 3430. The fourth-order valence-electron chi connectivity index (χ4n) is 9.23. The van der Waals surface area contributed by atoms with Gasteiger partial charge in [-0.25, -0.2) is 0 Å². The first-order valence-corrected chi connectivity index (χ1v) is 21.4. The molecule has 2 heterocycles. The third kappa shape index (κ3) is 6.46. The van der Waals surface area contributed by atoms with E-state index in [1.165, 1.54) is 27.8 Å². The van der Waals surface area contributed by atoms with Crippen LogP contribution in [0.15, 0.2) is 245 Å². The lowest BCUT2D eigenvalue weighted by Gasteiger charge is -2.26. The fraction of sp³-hybridized carbons (Fsp3) is 0. The minimum atomic E-state index is 0.898. The zero-order valence-corrected chi connectivity index (χ0v) is 34.3. The van der Waals surface area contributed by atoms with Crippen LogP contribution in [0.25, 0.3) is 99.5 Å². The van der Waals surface area contributed by atoms with Crippen LogP contribution in [-0.2, 0) is 0 Å². The molecule has 296 valence electrons.